The highest BCUT2D eigenvalue weighted by atomic mass is 32.1. The normalized spacial score (nSPS) is 12.9. The van der Waals surface area contributed by atoms with Crippen molar-refractivity contribution in [1.82, 2.24) is 4.98 Å². The van der Waals surface area contributed by atoms with E-state index in [-0.39, 0.29) is 22.3 Å². The lowest BCUT2D eigenvalue weighted by Crippen LogP contribution is -2.20. The van der Waals surface area contributed by atoms with Crippen molar-refractivity contribution in [2.24, 2.45) is 0 Å². The number of carboxylic acid groups (broad SMARTS) is 1. The van der Waals surface area contributed by atoms with Gasteiger partial charge < -0.3 is 10.1 Å². The van der Waals surface area contributed by atoms with Gasteiger partial charge in [0.1, 0.15) is 0 Å². The van der Waals surface area contributed by atoms with Gasteiger partial charge in [0.2, 0.25) is 0 Å². The first kappa shape index (κ1) is 20.5. The number of benzene rings is 2. The van der Waals surface area contributed by atoms with Crippen molar-refractivity contribution in [3.05, 3.63) is 90.3 Å². The Labute approximate surface area is 171 Å². The van der Waals surface area contributed by atoms with Crippen LogP contribution in [0.25, 0.3) is 12.2 Å². The standard InChI is InChI=1S/C23H21NO4S/c1-23(2,3)17-10-8-15(9-11-17)18(25)13-20-24-21(26)19(29-20)12-14-4-6-16(7-5-14)22(27)28/h4-13H,1-3H3,(H,24,26)(H,27,28)/b19-12-,20-13-. The number of aromatic nitrogens is 1. The Morgan fingerprint density at radius 2 is 1.55 bits per heavy atom. The van der Waals surface area contributed by atoms with E-state index in [2.05, 4.69) is 25.8 Å². The molecule has 0 saturated heterocycles. The fourth-order valence-corrected chi connectivity index (χ4v) is 3.62. The van der Waals surface area contributed by atoms with E-state index < -0.39 is 5.97 Å². The summed E-state index contributed by atoms with van der Waals surface area (Å²) in [6, 6.07) is 13.7. The van der Waals surface area contributed by atoms with Crippen LogP contribution in [0.4, 0.5) is 0 Å². The average molecular weight is 407 g/mol. The Balaban J connectivity index is 1.89. The van der Waals surface area contributed by atoms with Crippen LogP contribution in [0.1, 0.15) is 52.6 Å². The van der Waals surface area contributed by atoms with E-state index in [0.717, 1.165) is 5.56 Å². The molecule has 29 heavy (non-hydrogen) atoms. The lowest BCUT2D eigenvalue weighted by Gasteiger charge is -2.18. The van der Waals surface area contributed by atoms with Gasteiger partial charge in [-0.1, -0.05) is 57.2 Å². The van der Waals surface area contributed by atoms with E-state index in [1.165, 1.54) is 29.5 Å². The lowest BCUT2D eigenvalue weighted by atomic mass is 9.86. The third kappa shape index (κ3) is 4.97. The highest BCUT2D eigenvalue weighted by Gasteiger charge is 2.13. The van der Waals surface area contributed by atoms with Crippen LogP contribution in [0.2, 0.25) is 0 Å². The number of aromatic amines is 1. The molecule has 0 fully saturated rings. The molecule has 0 bridgehead atoms. The van der Waals surface area contributed by atoms with Gasteiger partial charge in [0.05, 0.1) is 14.8 Å². The molecule has 0 amide bonds. The number of H-pyrrole nitrogens is 1. The first-order chi connectivity index (χ1) is 13.6. The summed E-state index contributed by atoms with van der Waals surface area (Å²) < 4.78 is 0.906. The summed E-state index contributed by atoms with van der Waals surface area (Å²) in [4.78, 5) is 38.3. The van der Waals surface area contributed by atoms with Crippen LogP contribution in [0, 0.1) is 0 Å². The van der Waals surface area contributed by atoms with Gasteiger partial charge in [0, 0.05) is 11.6 Å². The summed E-state index contributed by atoms with van der Waals surface area (Å²) in [6.45, 7) is 6.33. The maximum Gasteiger partial charge on any atom is 0.335 e. The number of hydrogen-bond acceptors (Lipinski definition) is 4. The fraction of sp³-hybridized carbons (Fsp3) is 0.174. The lowest BCUT2D eigenvalue weighted by molar-refractivity contribution is 0.0696. The van der Waals surface area contributed by atoms with Crippen LogP contribution in [0.15, 0.2) is 53.3 Å². The Hall–Kier alpha value is -3.25. The van der Waals surface area contributed by atoms with Gasteiger partial charge in [-0.15, -0.1) is 11.3 Å². The highest BCUT2D eigenvalue weighted by Crippen LogP contribution is 2.22. The van der Waals surface area contributed by atoms with Crippen molar-refractivity contribution in [2.45, 2.75) is 26.2 Å². The van der Waals surface area contributed by atoms with E-state index in [0.29, 0.717) is 20.3 Å². The number of Topliss-reactive ketones (excluding diaryl/α,β-unsaturated/α-hetero) is 1. The Kier molecular flexibility index (Phi) is 5.66. The van der Waals surface area contributed by atoms with Gasteiger partial charge in [0.25, 0.3) is 5.56 Å². The number of rotatable bonds is 4. The second-order valence-electron chi connectivity index (χ2n) is 7.69. The van der Waals surface area contributed by atoms with Crippen LogP contribution < -0.4 is 14.8 Å². The summed E-state index contributed by atoms with van der Waals surface area (Å²) in [5.41, 5.74) is 2.31. The molecule has 3 rings (SSSR count). The zero-order valence-corrected chi connectivity index (χ0v) is 17.2. The number of hydrogen-bond donors (Lipinski definition) is 2. The summed E-state index contributed by atoms with van der Waals surface area (Å²) in [7, 11) is 0. The summed E-state index contributed by atoms with van der Waals surface area (Å²) in [6.07, 6.45) is 3.08. The van der Waals surface area contributed by atoms with Crippen molar-refractivity contribution in [2.75, 3.05) is 0 Å². The number of carbonyl (C=O) groups excluding carboxylic acids is 1. The largest absolute Gasteiger partial charge is 0.478 e. The van der Waals surface area contributed by atoms with Gasteiger partial charge in [-0.3, -0.25) is 9.59 Å². The second kappa shape index (κ2) is 8.01. The molecule has 148 valence electrons. The Morgan fingerprint density at radius 3 is 2.10 bits per heavy atom. The second-order valence-corrected chi connectivity index (χ2v) is 8.78. The maximum absolute atomic E-state index is 12.5. The Bertz CT molecular complexity index is 1220. The first-order valence-corrected chi connectivity index (χ1v) is 9.86. The molecule has 1 aromatic heterocycles. The molecular weight excluding hydrogens is 386 g/mol. The summed E-state index contributed by atoms with van der Waals surface area (Å²) >= 11 is 1.18. The van der Waals surface area contributed by atoms with Gasteiger partial charge in [-0.2, -0.15) is 0 Å². The average Bonchev–Trinajstić information content (AvgIpc) is 3.00. The third-order valence-electron chi connectivity index (χ3n) is 4.43. The fourth-order valence-electron chi connectivity index (χ4n) is 2.73. The number of nitrogens with one attached hydrogen (secondary N) is 1. The SMILES string of the molecule is CC(C)(C)c1ccc(C(=O)/C=c2/[nH]c(=O)/c(=C/c3ccc(C(=O)O)cc3)s2)cc1. The number of carbonyl (C=O) groups is 2. The van der Waals surface area contributed by atoms with Crippen LogP contribution in [0.5, 0.6) is 0 Å². The third-order valence-corrected chi connectivity index (χ3v) is 5.40. The molecule has 0 saturated carbocycles. The number of ketones is 1. The molecule has 0 aliphatic carbocycles. The molecule has 3 aromatic rings. The topological polar surface area (TPSA) is 87.2 Å². The maximum atomic E-state index is 12.5. The predicted octanol–water partition coefficient (Wildman–Crippen LogP) is 2.92. The molecule has 6 heteroatoms. The zero-order chi connectivity index (χ0) is 21.2. The van der Waals surface area contributed by atoms with Crippen LogP contribution >= 0.6 is 11.3 Å². The van der Waals surface area contributed by atoms with Gasteiger partial charge in [0.15, 0.2) is 5.78 Å². The zero-order valence-electron chi connectivity index (χ0n) is 16.4. The molecule has 0 atom stereocenters. The quantitative estimate of drug-likeness (QED) is 0.651. The van der Waals surface area contributed by atoms with E-state index in [1.807, 2.05) is 12.1 Å². The molecule has 2 N–H and O–H groups in total. The van der Waals surface area contributed by atoms with Crippen molar-refractivity contribution in [1.29, 1.82) is 0 Å². The monoisotopic (exact) mass is 407 g/mol. The molecule has 2 aromatic carbocycles. The first-order valence-electron chi connectivity index (χ1n) is 9.04. The minimum absolute atomic E-state index is 0.0116. The molecule has 0 aliphatic heterocycles. The molecule has 0 spiro atoms. The van der Waals surface area contributed by atoms with Gasteiger partial charge in [-0.05, 0) is 34.8 Å². The van der Waals surface area contributed by atoms with Crippen molar-refractivity contribution >= 4 is 35.2 Å². The molecule has 0 unspecified atom stereocenters. The van der Waals surface area contributed by atoms with Crippen LogP contribution in [0.3, 0.4) is 0 Å². The van der Waals surface area contributed by atoms with E-state index in [1.54, 1.807) is 30.3 Å². The van der Waals surface area contributed by atoms with E-state index in [9.17, 15) is 14.4 Å². The van der Waals surface area contributed by atoms with E-state index in [4.69, 9.17) is 5.11 Å². The number of thiazole rings is 1. The molecule has 5 nitrogen and oxygen atoms in total. The van der Waals surface area contributed by atoms with Gasteiger partial charge >= 0.3 is 5.97 Å². The van der Waals surface area contributed by atoms with Crippen LogP contribution in [-0.2, 0) is 5.41 Å². The molecular formula is C23H21NO4S. The van der Waals surface area contributed by atoms with Gasteiger partial charge in [-0.25, -0.2) is 4.79 Å². The smallest absolute Gasteiger partial charge is 0.335 e. The molecule has 1 heterocycles. The summed E-state index contributed by atoms with van der Waals surface area (Å²) in [5.74, 6) is -1.18. The van der Waals surface area contributed by atoms with Crippen molar-refractivity contribution in [3.63, 3.8) is 0 Å². The minimum Gasteiger partial charge on any atom is -0.478 e. The summed E-state index contributed by atoms with van der Waals surface area (Å²) in [5, 5.41) is 8.95. The van der Waals surface area contributed by atoms with Crippen LogP contribution in [-0.4, -0.2) is 21.8 Å². The number of carboxylic acids is 1. The number of aromatic carboxylic acids is 1. The van der Waals surface area contributed by atoms with Crippen molar-refractivity contribution < 1.29 is 14.7 Å². The molecule has 0 aliphatic rings. The minimum atomic E-state index is -1.00. The van der Waals surface area contributed by atoms with E-state index >= 15 is 0 Å². The molecule has 0 radical (unpaired) electrons. The van der Waals surface area contributed by atoms with Crippen molar-refractivity contribution in [3.8, 4) is 0 Å². The highest BCUT2D eigenvalue weighted by molar-refractivity contribution is 7.07. The Morgan fingerprint density at radius 1 is 0.966 bits per heavy atom. The predicted molar refractivity (Wildman–Crippen MR) is 115 cm³/mol.